The number of nitrogens with zero attached hydrogens (tertiary/aromatic N) is 2. The molecule has 4 rings (SSSR count). The molecule has 0 spiro atoms. The topological polar surface area (TPSA) is 80.8 Å². The number of hydrogen-bond donors (Lipinski definition) is 1. The van der Waals surface area contributed by atoms with Crippen LogP contribution in [0.5, 0.6) is 5.75 Å². The van der Waals surface area contributed by atoms with Crippen molar-refractivity contribution in [2.75, 3.05) is 32.1 Å². The molecule has 166 valence electrons. The van der Waals surface area contributed by atoms with E-state index in [2.05, 4.69) is 17.1 Å². The van der Waals surface area contributed by atoms with Gasteiger partial charge in [0.1, 0.15) is 5.75 Å². The molecule has 0 bridgehead atoms. The number of pyridine rings is 1. The molecule has 0 radical (unpaired) electrons. The lowest BCUT2D eigenvalue weighted by Crippen LogP contribution is -2.33. The molecule has 1 aliphatic heterocycles. The summed E-state index contributed by atoms with van der Waals surface area (Å²) >= 11 is 0. The van der Waals surface area contributed by atoms with E-state index in [1.807, 2.05) is 30.3 Å². The lowest BCUT2D eigenvalue weighted by atomic mass is 9.95. The highest BCUT2D eigenvalue weighted by molar-refractivity contribution is 6.06. The fraction of sp³-hybridized carbons (Fsp3) is 0.320. The number of carbonyl (C=O) groups excluding carboxylic acids is 2. The monoisotopic (exact) mass is 433 g/mol. The summed E-state index contributed by atoms with van der Waals surface area (Å²) in [5, 5.41) is 3.48. The number of rotatable bonds is 7. The van der Waals surface area contributed by atoms with Gasteiger partial charge < -0.3 is 14.8 Å². The Hall–Kier alpha value is -3.45. The van der Waals surface area contributed by atoms with Crippen LogP contribution < -0.4 is 10.1 Å². The van der Waals surface area contributed by atoms with Crippen molar-refractivity contribution in [3.05, 3.63) is 65.4 Å². The van der Waals surface area contributed by atoms with Crippen molar-refractivity contribution in [3.8, 4) is 5.75 Å². The highest BCUT2D eigenvalue weighted by Crippen LogP contribution is 2.29. The highest BCUT2D eigenvalue weighted by atomic mass is 16.5. The number of methoxy groups -OCH3 is 1. The van der Waals surface area contributed by atoms with E-state index in [4.69, 9.17) is 14.5 Å². The molecule has 0 atom stereocenters. The van der Waals surface area contributed by atoms with Gasteiger partial charge in [0, 0.05) is 36.2 Å². The summed E-state index contributed by atoms with van der Waals surface area (Å²) in [6.07, 6.45) is 1.83. The Morgan fingerprint density at radius 2 is 1.91 bits per heavy atom. The largest absolute Gasteiger partial charge is 0.495 e. The molecular weight excluding hydrogens is 406 g/mol. The molecule has 1 aromatic heterocycles. The Kier molecular flexibility index (Phi) is 6.66. The quantitative estimate of drug-likeness (QED) is 0.571. The number of aromatic nitrogens is 1. The van der Waals surface area contributed by atoms with E-state index in [-0.39, 0.29) is 6.61 Å². The zero-order valence-corrected chi connectivity index (χ0v) is 18.4. The third-order valence-electron chi connectivity index (χ3n) is 5.58. The number of nitrogens with one attached hydrogen (secondary N) is 1. The predicted octanol–water partition coefficient (Wildman–Crippen LogP) is 3.81. The number of para-hydroxylation sites is 3. The van der Waals surface area contributed by atoms with E-state index in [9.17, 15) is 9.59 Å². The molecule has 1 amide bonds. The Balaban J connectivity index is 1.56. The Morgan fingerprint density at radius 3 is 2.72 bits per heavy atom. The zero-order chi connectivity index (χ0) is 22.5. The number of esters is 1. The molecule has 32 heavy (non-hydrogen) atoms. The summed E-state index contributed by atoms with van der Waals surface area (Å²) in [5.41, 5.74) is 3.63. The van der Waals surface area contributed by atoms with Crippen LogP contribution in [0.25, 0.3) is 10.9 Å². The molecule has 2 heterocycles. The van der Waals surface area contributed by atoms with Crippen LogP contribution in [0, 0.1) is 0 Å². The number of hydrogen-bond acceptors (Lipinski definition) is 6. The first kappa shape index (κ1) is 21.8. The van der Waals surface area contributed by atoms with Crippen molar-refractivity contribution in [2.45, 2.75) is 26.3 Å². The minimum Gasteiger partial charge on any atom is -0.495 e. The van der Waals surface area contributed by atoms with Gasteiger partial charge in [-0.05, 0) is 31.2 Å². The minimum atomic E-state index is -0.506. The summed E-state index contributed by atoms with van der Waals surface area (Å²) in [6, 6.07) is 14.7. The molecule has 7 nitrogen and oxygen atoms in total. The molecule has 1 N–H and O–H groups in total. The van der Waals surface area contributed by atoms with Crippen LogP contribution in [-0.4, -0.2) is 48.6 Å². The molecule has 2 aromatic carbocycles. The van der Waals surface area contributed by atoms with Crippen LogP contribution in [0.2, 0.25) is 0 Å². The van der Waals surface area contributed by atoms with Gasteiger partial charge >= 0.3 is 5.97 Å². The lowest BCUT2D eigenvalue weighted by Gasteiger charge is -2.29. The number of carbonyl (C=O) groups is 2. The fourth-order valence-corrected chi connectivity index (χ4v) is 4.12. The van der Waals surface area contributed by atoms with Gasteiger partial charge in [0.15, 0.2) is 6.61 Å². The van der Waals surface area contributed by atoms with E-state index in [0.717, 1.165) is 48.1 Å². The maximum absolute atomic E-state index is 13.2. The molecule has 0 unspecified atom stereocenters. The van der Waals surface area contributed by atoms with E-state index in [0.29, 0.717) is 23.5 Å². The van der Waals surface area contributed by atoms with Crippen LogP contribution in [-0.2, 0) is 22.5 Å². The first-order chi connectivity index (χ1) is 15.6. The van der Waals surface area contributed by atoms with Crippen molar-refractivity contribution in [2.24, 2.45) is 0 Å². The van der Waals surface area contributed by atoms with E-state index in [1.54, 1.807) is 18.2 Å². The lowest BCUT2D eigenvalue weighted by molar-refractivity contribution is -0.119. The van der Waals surface area contributed by atoms with Crippen LogP contribution in [0.1, 0.15) is 35.0 Å². The van der Waals surface area contributed by atoms with Crippen LogP contribution in [0.4, 0.5) is 5.69 Å². The second kappa shape index (κ2) is 9.78. The molecule has 0 aliphatic carbocycles. The van der Waals surface area contributed by atoms with E-state index >= 15 is 0 Å². The summed E-state index contributed by atoms with van der Waals surface area (Å²) < 4.78 is 10.7. The van der Waals surface area contributed by atoms with E-state index in [1.165, 1.54) is 7.11 Å². The van der Waals surface area contributed by atoms with Gasteiger partial charge in [0.05, 0.1) is 23.9 Å². The zero-order valence-electron chi connectivity index (χ0n) is 18.4. The number of amides is 1. The number of fused-ring (bicyclic) bond motifs is 2. The van der Waals surface area contributed by atoms with Crippen molar-refractivity contribution in [1.29, 1.82) is 0 Å². The van der Waals surface area contributed by atoms with E-state index < -0.39 is 11.9 Å². The van der Waals surface area contributed by atoms with Crippen molar-refractivity contribution < 1.29 is 19.1 Å². The molecular formula is C25H27N3O4. The standard InChI is InChI=1S/C25H27N3O4/c1-3-13-28-14-12-20-18(15-28)24(17-8-4-5-9-19(17)26-20)25(30)32-16-23(29)27-21-10-6-7-11-22(21)31-2/h4-11H,3,12-16H2,1-2H3,(H,27,29). The average Bonchev–Trinajstić information content (AvgIpc) is 2.81. The fourth-order valence-electron chi connectivity index (χ4n) is 4.12. The Bertz CT molecular complexity index is 1150. The molecule has 7 heteroatoms. The molecule has 1 aliphatic rings. The summed E-state index contributed by atoms with van der Waals surface area (Å²) in [4.78, 5) is 32.8. The summed E-state index contributed by atoms with van der Waals surface area (Å²) in [5.74, 6) is -0.395. The van der Waals surface area contributed by atoms with Crippen LogP contribution in [0.3, 0.4) is 0 Å². The van der Waals surface area contributed by atoms with Crippen LogP contribution in [0.15, 0.2) is 48.5 Å². The second-order valence-electron chi connectivity index (χ2n) is 7.78. The first-order valence-electron chi connectivity index (χ1n) is 10.8. The number of benzene rings is 2. The predicted molar refractivity (Wildman–Crippen MR) is 123 cm³/mol. The Labute approximate surface area is 187 Å². The maximum Gasteiger partial charge on any atom is 0.339 e. The van der Waals surface area contributed by atoms with Crippen LogP contribution >= 0.6 is 0 Å². The van der Waals surface area contributed by atoms with Crippen molar-refractivity contribution in [3.63, 3.8) is 0 Å². The Morgan fingerprint density at radius 1 is 1.12 bits per heavy atom. The summed E-state index contributed by atoms with van der Waals surface area (Å²) in [6.45, 7) is 4.29. The molecule has 0 fully saturated rings. The average molecular weight is 434 g/mol. The molecule has 0 saturated heterocycles. The van der Waals surface area contributed by atoms with Gasteiger partial charge in [-0.25, -0.2) is 4.79 Å². The molecule has 0 saturated carbocycles. The second-order valence-corrected chi connectivity index (χ2v) is 7.78. The van der Waals surface area contributed by atoms with Crippen molar-refractivity contribution >= 4 is 28.5 Å². The first-order valence-corrected chi connectivity index (χ1v) is 10.8. The smallest absolute Gasteiger partial charge is 0.339 e. The molecule has 3 aromatic rings. The van der Waals surface area contributed by atoms with Gasteiger partial charge in [0.25, 0.3) is 5.91 Å². The van der Waals surface area contributed by atoms with Gasteiger partial charge in [-0.1, -0.05) is 37.3 Å². The van der Waals surface area contributed by atoms with Gasteiger partial charge in [-0.3, -0.25) is 14.7 Å². The number of anilines is 1. The SMILES string of the molecule is CCCN1CCc2nc3ccccc3c(C(=O)OCC(=O)Nc3ccccc3OC)c2C1. The number of ether oxygens (including phenoxy) is 2. The van der Waals surface area contributed by atoms with Crippen molar-refractivity contribution in [1.82, 2.24) is 9.88 Å². The van der Waals surface area contributed by atoms with Gasteiger partial charge in [-0.15, -0.1) is 0 Å². The summed E-state index contributed by atoms with van der Waals surface area (Å²) in [7, 11) is 1.53. The van der Waals surface area contributed by atoms with Gasteiger partial charge in [-0.2, -0.15) is 0 Å². The third kappa shape index (κ3) is 4.57. The van der Waals surface area contributed by atoms with Gasteiger partial charge in [0.2, 0.25) is 0 Å². The third-order valence-corrected chi connectivity index (χ3v) is 5.58. The minimum absolute atomic E-state index is 0.388. The maximum atomic E-state index is 13.2. The normalized spacial score (nSPS) is 13.4. The highest BCUT2D eigenvalue weighted by Gasteiger charge is 2.26.